The number of piperidine rings is 2. The number of hydrogen-bond donors (Lipinski definition) is 2. The molecule has 5 heterocycles. The van der Waals surface area contributed by atoms with Crippen LogP contribution in [0.15, 0.2) is 30.7 Å². The van der Waals surface area contributed by atoms with Gasteiger partial charge in [-0.05, 0) is 58.2 Å². The zero-order chi connectivity index (χ0) is 25.9. The van der Waals surface area contributed by atoms with E-state index in [2.05, 4.69) is 44.0 Å². The standard InChI is InChI=1S/C27H36FN7O2.ClH/c1-17(2)35-15-20(23(36)12-18-4-8-29-9-5-18)19-14-31-26(13-22(19)35)32-25-6-10-30-27(33-25)34-11-7-24(37-3)21(28)16-34;/h6,10,13-15,17-18,21,24,29H,4-5,7-9,11-12,16H2,1-3H3,(H,30,31,32,33);1H/t21-,24+;/m1./s1. The van der Waals surface area contributed by atoms with Crippen LogP contribution in [0.4, 0.5) is 22.0 Å². The Balaban J connectivity index is 0.00000336. The number of pyridine rings is 1. The lowest BCUT2D eigenvalue weighted by atomic mass is 9.91. The number of aromatic nitrogens is 4. The third kappa shape index (κ3) is 6.08. The van der Waals surface area contributed by atoms with Gasteiger partial charge in [0.1, 0.15) is 17.8 Å². The Hall–Kier alpha value is -2.82. The first kappa shape index (κ1) is 28.2. The number of hydrogen-bond acceptors (Lipinski definition) is 8. The predicted octanol–water partition coefficient (Wildman–Crippen LogP) is 4.71. The van der Waals surface area contributed by atoms with Crippen LogP contribution in [0.3, 0.4) is 0 Å². The van der Waals surface area contributed by atoms with Gasteiger partial charge in [0.05, 0.1) is 18.2 Å². The van der Waals surface area contributed by atoms with Gasteiger partial charge in [0.15, 0.2) is 5.78 Å². The Labute approximate surface area is 229 Å². The largest absolute Gasteiger partial charge is 0.378 e. The van der Waals surface area contributed by atoms with Crippen molar-refractivity contribution in [2.75, 3.05) is 43.5 Å². The number of halogens is 2. The molecule has 11 heteroatoms. The van der Waals surface area contributed by atoms with Crippen LogP contribution in [-0.2, 0) is 4.74 Å². The van der Waals surface area contributed by atoms with Crippen molar-refractivity contribution in [2.45, 2.75) is 57.8 Å². The maximum atomic E-state index is 14.4. The number of methoxy groups -OCH3 is 1. The van der Waals surface area contributed by atoms with Crippen molar-refractivity contribution in [1.82, 2.24) is 24.8 Å². The van der Waals surface area contributed by atoms with Gasteiger partial charge in [-0.25, -0.2) is 14.4 Å². The van der Waals surface area contributed by atoms with Crippen molar-refractivity contribution in [3.05, 3.63) is 36.3 Å². The number of nitrogens with one attached hydrogen (secondary N) is 2. The van der Waals surface area contributed by atoms with E-state index in [1.807, 2.05) is 17.2 Å². The monoisotopic (exact) mass is 545 g/mol. The van der Waals surface area contributed by atoms with Crippen LogP contribution in [0.5, 0.6) is 0 Å². The molecule has 9 nitrogen and oxygen atoms in total. The van der Waals surface area contributed by atoms with Crippen molar-refractivity contribution in [1.29, 1.82) is 0 Å². The highest BCUT2D eigenvalue weighted by molar-refractivity contribution is 6.08. The van der Waals surface area contributed by atoms with Gasteiger partial charge < -0.3 is 24.8 Å². The van der Waals surface area contributed by atoms with Gasteiger partial charge in [0.25, 0.3) is 0 Å². The Morgan fingerprint density at radius 3 is 2.74 bits per heavy atom. The second-order valence-corrected chi connectivity index (χ2v) is 10.3. The molecule has 0 radical (unpaired) electrons. The molecule has 5 rings (SSSR count). The quantitative estimate of drug-likeness (QED) is 0.393. The van der Waals surface area contributed by atoms with E-state index in [-0.39, 0.29) is 36.9 Å². The van der Waals surface area contributed by atoms with E-state index in [0.717, 1.165) is 42.4 Å². The number of carbonyl (C=O) groups excluding carboxylic acids is 1. The molecule has 3 aromatic heterocycles. The molecule has 206 valence electrons. The summed E-state index contributed by atoms with van der Waals surface area (Å²) >= 11 is 0. The number of anilines is 3. The molecule has 2 aliphatic rings. The fourth-order valence-corrected chi connectivity index (χ4v) is 5.35. The summed E-state index contributed by atoms with van der Waals surface area (Å²) in [5.74, 6) is 2.28. The number of fused-ring (bicyclic) bond motifs is 1. The Kier molecular flexibility index (Phi) is 9.17. The van der Waals surface area contributed by atoms with Crippen molar-refractivity contribution in [2.24, 2.45) is 5.92 Å². The normalized spacial score (nSPS) is 20.5. The molecule has 0 amide bonds. The molecule has 0 aliphatic carbocycles. The second kappa shape index (κ2) is 12.4. The molecule has 2 N–H and O–H groups in total. The number of carbonyl (C=O) groups is 1. The molecular formula is C27H37ClFN7O2. The molecule has 0 spiro atoms. The topological polar surface area (TPSA) is 97.2 Å². The van der Waals surface area contributed by atoms with Crippen LogP contribution in [0.1, 0.15) is 55.9 Å². The number of rotatable bonds is 8. The van der Waals surface area contributed by atoms with Gasteiger partial charge in [-0.2, -0.15) is 4.98 Å². The van der Waals surface area contributed by atoms with E-state index < -0.39 is 6.17 Å². The van der Waals surface area contributed by atoms with Crippen molar-refractivity contribution >= 4 is 46.7 Å². The van der Waals surface area contributed by atoms with E-state index in [1.54, 1.807) is 25.6 Å². The summed E-state index contributed by atoms with van der Waals surface area (Å²) in [5.41, 5.74) is 1.70. The molecule has 0 aromatic carbocycles. The first-order valence-electron chi connectivity index (χ1n) is 13.2. The summed E-state index contributed by atoms with van der Waals surface area (Å²) in [7, 11) is 1.54. The Morgan fingerprint density at radius 2 is 2.03 bits per heavy atom. The smallest absolute Gasteiger partial charge is 0.227 e. The predicted molar refractivity (Wildman–Crippen MR) is 150 cm³/mol. The molecule has 2 atom stereocenters. The fourth-order valence-electron chi connectivity index (χ4n) is 5.35. The molecule has 2 saturated heterocycles. The Bertz CT molecular complexity index is 1250. The molecule has 2 aliphatic heterocycles. The fraction of sp³-hybridized carbons (Fsp3) is 0.556. The van der Waals surface area contributed by atoms with Crippen LogP contribution in [0, 0.1) is 5.92 Å². The van der Waals surface area contributed by atoms with Crippen molar-refractivity contribution in [3.8, 4) is 0 Å². The van der Waals surface area contributed by atoms with Gasteiger partial charge >= 0.3 is 0 Å². The van der Waals surface area contributed by atoms with Crippen LogP contribution in [-0.4, -0.2) is 70.9 Å². The molecule has 38 heavy (non-hydrogen) atoms. The van der Waals surface area contributed by atoms with Gasteiger partial charge in [-0.1, -0.05) is 0 Å². The van der Waals surface area contributed by atoms with E-state index >= 15 is 0 Å². The zero-order valence-electron chi connectivity index (χ0n) is 22.2. The van der Waals surface area contributed by atoms with E-state index in [1.165, 1.54) is 0 Å². The van der Waals surface area contributed by atoms with Gasteiger partial charge in [0, 0.05) is 61.7 Å². The van der Waals surface area contributed by atoms with E-state index in [4.69, 9.17) is 4.74 Å². The number of ketones is 1. The van der Waals surface area contributed by atoms with Crippen LogP contribution < -0.4 is 15.5 Å². The summed E-state index contributed by atoms with van der Waals surface area (Å²) in [6, 6.07) is 3.91. The maximum Gasteiger partial charge on any atom is 0.227 e. The molecule has 0 unspecified atom stereocenters. The van der Waals surface area contributed by atoms with Crippen LogP contribution in [0.2, 0.25) is 0 Å². The average Bonchev–Trinajstić information content (AvgIpc) is 3.29. The lowest BCUT2D eigenvalue weighted by Gasteiger charge is -2.33. The highest BCUT2D eigenvalue weighted by atomic mass is 35.5. The summed E-state index contributed by atoms with van der Waals surface area (Å²) in [5, 5.41) is 7.50. The number of Topliss-reactive ketones (excluding diaryl/α,β-unsaturated/α-hetero) is 1. The minimum Gasteiger partial charge on any atom is -0.378 e. The molecule has 0 bridgehead atoms. The third-order valence-electron chi connectivity index (χ3n) is 7.47. The highest BCUT2D eigenvalue weighted by Crippen LogP contribution is 2.30. The van der Waals surface area contributed by atoms with Crippen molar-refractivity contribution in [3.63, 3.8) is 0 Å². The Morgan fingerprint density at radius 1 is 1.24 bits per heavy atom. The van der Waals surface area contributed by atoms with E-state index in [9.17, 15) is 9.18 Å². The minimum atomic E-state index is -1.08. The van der Waals surface area contributed by atoms with Gasteiger partial charge in [-0.15, -0.1) is 12.4 Å². The number of alkyl halides is 1. The maximum absolute atomic E-state index is 14.4. The first-order valence-corrected chi connectivity index (χ1v) is 13.2. The SMILES string of the molecule is CO[C@H]1CCN(c2nccc(Nc3cc4c(cn3)c(C(=O)CC3CCNCC3)cn4C(C)C)n2)C[C@H]1F.Cl. The van der Waals surface area contributed by atoms with Crippen LogP contribution >= 0.6 is 12.4 Å². The summed E-state index contributed by atoms with van der Waals surface area (Å²) in [6.45, 7) is 7.00. The molecule has 3 aromatic rings. The lowest BCUT2D eigenvalue weighted by Crippen LogP contribution is -2.46. The van der Waals surface area contributed by atoms with Crippen LogP contribution in [0.25, 0.3) is 10.9 Å². The number of ether oxygens (including phenoxy) is 1. The third-order valence-corrected chi connectivity index (χ3v) is 7.47. The number of nitrogens with zero attached hydrogens (tertiary/aromatic N) is 5. The average molecular weight is 546 g/mol. The summed E-state index contributed by atoms with van der Waals surface area (Å²) in [6.07, 6.45) is 7.18. The molecule has 0 saturated carbocycles. The molecular weight excluding hydrogens is 509 g/mol. The highest BCUT2D eigenvalue weighted by Gasteiger charge is 2.30. The zero-order valence-corrected chi connectivity index (χ0v) is 23.0. The lowest BCUT2D eigenvalue weighted by molar-refractivity contribution is 0.0194. The summed E-state index contributed by atoms with van der Waals surface area (Å²) < 4.78 is 21.7. The minimum absolute atomic E-state index is 0. The van der Waals surface area contributed by atoms with E-state index in [0.29, 0.717) is 42.9 Å². The van der Waals surface area contributed by atoms with Crippen molar-refractivity contribution < 1.29 is 13.9 Å². The first-order chi connectivity index (χ1) is 17.9. The van der Waals surface area contributed by atoms with Gasteiger partial charge in [-0.3, -0.25) is 4.79 Å². The second-order valence-electron chi connectivity index (χ2n) is 10.3. The summed E-state index contributed by atoms with van der Waals surface area (Å²) in [4.78, 5) is 28.7. The molecule has 2 fully saturated rings. The van der Waals surface area contributed by atoms with Gasteiger partial charge in [0.2, 0.25) is 5.95 Å².